The fourth-order valence-electron chi connectivity index (χ4n) is 2.71. The van der Waals surface area contributed by atoms with Gasteiger partial charge in [-0.1, -0.05) is 50.1 Å². The normalized spacial score (nSPS) is 10.7. The lowest BCUT2D eigenvalue weighted by Gasteiger charge is -2.06. The molecule has 0 spiro atoms. The molecule has 0 atom stereocenters. The second-order valence-corrected chi connectivity index (χ2v) is 7.95. The average Bonchev–Trinajstić information content (AvgIpc) is 3.15. The summed E-state index contributed by atoms with van der Waals surface area (Å²) < 4.78 is 16.9. The number of rotatable bonds is 4. The second-order valence-electron chi connectivity index (χ2n) is 6.12. The van der Waals surface area contributed by atoms with Crippen molar-refractivity contribution in [2.75, 3.05) is 5.32 Å². The smallest absolute Gasteiger partial charge is 0.295 e. The zero-order chi connectivity index (χ0) is 20.4. The summed E-state index contributed by atoms with van der Waals surface area (Å²) >= 11 is 6.83. The molecule has 0 saturated carbocycles. The highest BCUT2D eigenvalue weighted by Gasteiger charge is 2.19. The van der Waals surface area contributed by atoms with Crippen LogP contribution in [0.2, 0.25) is 0 Å². The predicted molar refractivity (Wildman–Crippen MR) is 117 cm³/mol. The van der Waals surface area contributed by atoms with Gasteiger partial charge in [-0.15, -0.1) is 5.10 Å². The van der Waals surface area contributed by atoms with Crippen molar-refractivity contribution >= 4 is 43.5 Å². The van der Waals surface area contributed by atoms with Gasteiger partial charge in [0, 0.05) is 20.2 Å². The first kappa shape index (κ1) is 19.5. The lowest BCUT2D eigenvalue weighted by Crippen LogP contribution is -2.14. The van der Waals surface area contributed by atoms with E-state index in [0.717, 1.165) is 20.2 Å². The van der Waals surface area contributed by atoms with Gasteiger partial charge in [0.15, 0.2) is 5.82 Å². The van der Waals surface area contributed by atoms with Crippen LogP contribution >= 0.6 is 31.9 Å². The van der Waals surface area contributed by atoms with Crippen molar-refractivity contribution in [3.63, 3.8) is 0 Å². The van der Waals surface area contributed by atoms with Gasteiger partial charge in [0.25, 0.3) is 5.91 Å². The first-order valence-corrected chi connectivity index (χ1v) is 10.1. The highest BCUT2D eigenvalue weighted by atomic mass is 79.9. The van der Waals surface area contributed by atoms with Gasteiger partial charge in [0.05, 0.1) is 5.69 Å². The molecular formula is C21H13Br2FN4O. The van der Waals surface area contributed by atoms with E-state index in [2.05, 4.69) is 47.3 Å². The average molecular weight is 516 g/mol. The Morgan fingerprint density at radius 1 is 0.931 bits per heavy atom. The number of anilines is 1. The molecular weight excluding hydrogens is 503 g/mol. The van der Waals surface area contributed by atoms with Gasteiger partial charge in [0.2, 0.25) is 5.82 Å². The molecule has 0 bridgehead atoms. The summed E-state index contributed by atoms with van der Waals surface area (Å²) in [5, 5.41) is 7.03. The van der Waals surface area contributed by atoms with Gasteiger partial charge in [0.1, 0.15) is 5.82 Å². The summed E-state index contributed by atoms with van der Waals surface area (Å²) in [5.41, 5.74) is 1.89. The Balaban J connectivity index is 1.75. The molecule has 0 aliphatic rings. The number of hydrogen-bond donors (Lipinski definition) is 1. The van der Waals surface area contributed by atoms with Crippen molar-refractivity contribution in [1.82, 2.24) is 14.8 Å². The third kappa shape index (κ3) is 4.44. The molecule has 0 unspecified atom stereocenters. The summed E-state index contributed by atoms with van der Waals surface area (Å²) in [6.45, 7) is 0. The van der Waals surface area contributed by atoms with E-state index in [1.807, 2.05) is 48.5 Å². The van der Waals surface area contributed by atoms with Gasteiger partial charge in [-0.25, -0.2) is 14.1 Å². The molecule has 4 rings (SSSR count). The van der Waals surface area contributed by atoms with Crippen molar-refractivity contribution in [3.8, 4) is 17.1 Å². The first-order valence-electron chi connectivity index (χ1n) is 8.55. The number of halogens is 3. The number of carbonyl (C=O) groups is 1. The molecule has 0 saturated heterocycles. The van der Waals surface area contributed by atoms with Crippen LogP contribution in [0.15, 0.2) is 81.7 Å². The van der Waals surface area contributed by atoms with E-state index in [9.17, 15) is 9.18 Å². The SMILES string of the molecule is O=C(Nc1cccc(F)c1)c1nc(-c2ccc(Br)cc2)n(-c2ccc(Br)cc2)n1. The maximum Gasteiger partial charge on any atom is 0.295 e. The molecule has 5 nitrogen and oxygen atoms in total. The summed E-state index contributed by atoms with van der Waals surface area (Å²) in [5.74, 6) is -0.462. The predicted octanol–water partition coefficient (Wildman–Crippen LogP) is 5.85. The van der Waals surface area contributed by atoms with Gasteiger partial charge < -0.3 is 5.32 Å². The third-order valence-corrected chi connectivity index (χ3v) is 5.12. The van der Waals surface area contributed by atoms with Crippen molar-refractivity contribution < 1.29 is 9.18 Å². The Hall–Kier alpha value is -2.84. The minimum Gasteiger partial charge on any atom is -0.319 e. The van der Waals surface area contributed by atoms with E-state index in [-0.39, 0.29) is 5.82 Å². The van der Waals surface area contributed by atoms with E-state index in [4.69, 9.17) is 0 Å². The van der Waals surface area contributed by atoms with Crippen LogP contribution in [0.5, 0.6) is 0 Å². The Labute approximate surface area is 182 Å². The van der Waals surface area contributed by atoms with Gasteiger partial charge in [-0.3, -0.25) is 4.79 Å². The summed E-state index contributed by atoms with van der Waals surface area (Å²) in [7, 11) is 0. The Kier molecular flexibility index (Phi) is 5.55. The summed E-state index contributed by atoms with van der Waals surface area (Å²) in [4.78, 5) is 17.1. The fourth-order valence-corrected chi connectivity index (χ4v) is 3.24. The summed E-state index contributed by atoms with van der Waals surface area (Å²) in [6, 6.07) is 20.7. The lowest BCUT2D eigenvalue weighted by atomic mass is 10.2. The van der Waals surface area contributed by atoms with E-state index in [0.29, 0.717) is 11.5 Å². The quantitative estimate of drug-likeness (QED) is 0.371. The van der Waals surface area contributed by atoms with E-state index >= 15 is 0 Å². The molecule has 29 heavy (non-hydrogen) atoms. The van der Waals surface area contributed by atoms with Crippen molar-refractivity contribution in [2.24, 2.45) is 0 Å². The molecule has 144 valence electrons. The number of hydrogen-bond acceptors (Lipinski definition) is 3. The van der Waals surface area contributed by atoms with E-state index < -0.39 is 11.7 Å². The van der Waals surface area contributed by atoms with E-state index in [1.165, 1.54) is 18.2 Å². The number of benzene rings is 3. The number of nitrogens with one attached hydrogen (secondary N) is 1. The fraction of sp³-hybridized carbons (Fsp3) is 0. The van der Waals surface area contributed by atoms with Crippen LogP contribution in [-0.2, 0) is 0 Å². The van der Waals surface area contributed by atoms with Gasteiger partial charge in [-0.05, 0) is 54.6 Å². The van der Waals surface area contributed by atoms with Crippen molar-refractivity contribution in [1.29, 1.82) is 0 Å². The molecule has 1 amide bonds. The summed E-state index contributed by atoms with van der Waals surface area (Å²) in [6.07, 6.45) is 0. The molecule has 0 aliphatic heterocycles. The molecule has 1 aromatic heterocycles. The molecule has 1 N–H and O–H groups in total. The monoisotopic (exact) mass is 514 g/mol. The highest BCUT2D eigenvalue weighted by molar-refractivity contribution is 9.10. The van der Waals surface area contributed by atoms with Crippen molar-refractivity contribution in [3.05, 3.63) is 93.4 Å². The standard InChI is InChI=1S/C21H13Br2FN4O/c22-14-6-4-13(5-7-14)20-26-19(21(29)25-17-3-1-2-16(24)12-17)27-28(20)18-10-8-15(23)9-11-18/h1-12H,(H,25,29). The first-order chi connectivity index (χ1) is 14.0. The maximum absolute atomic E-state index is 13.4. The molecule has 4 aromatic rings. The minimum absolute atomic E-state index is 0.0184. The lowest BCUT2D eigenvalue weighted by molar-refractivity contribution is 0.101. The zero-order valence-electron chi connectivity index (χ0n) is 14.8. The number of amides is 1. The van der Waals surface area contributed by atoms with Crippen LogP contribution in [0.3, 0.4) is 0 Å². The number of nitrogens with zero attached hydrogens (tertiary/aromatic N) is 3. The van der Waals surface area contributed by atoms with E-state index in [1.54, 1.807) is 10.7 Å². The van der Waals surface area contributed by atoms with Gasteiger partial charge >= 0.3 is 0 Å². The Morgan fingerprint density at radius 3 is 2.24 bits per heavy atom. The molecule has 1 heterocycles. The molecule has 3 aromatic carbocycles. The van der Waals surface area contributed by atoms with Crippen LogP contribution in [0.1, 0.15) is 10.6 Å². The Bertz CT molecular complexity index is 1110. The Morgan fingerprint density at radius 2 is 1.59 bits per heavy atom. The van der Waals surface area contributed by atoms with Crippen LogP contribution in [0.25, 0.3) is 17.1 Å². The molecule has 0 radical (unpaired) electrons. The molecule has 0 aliphatic carbocycles. The number of carbonyl (C=O) groups excluding carboxylic acids is 1. The third-order valence-electron chi connectivity index (χ3n) is 4.07. The van der Waals surface area contributed by atoms with Crippen molar-refractivity contribution in [2.45, 2.75) is 0 Å². The molecule has 0 fully saturated rings. The van der Waals surface area contributed by atoms with Crippen LogP contribution in [0, 0.1) is 5.82 Å². The topological polar surface area (TPSA) is 59.8 Å². The van der Waals surface area contributed by atoms with Crippen LogP contribution < -0.4 is 5.32 Å². The van der Waals surface area contributed by atoms with Gasteiger partial charge in [-0.2, -0.15) is 0 Å². The van der Waals surface area contributed by atoms with Crippen LogP contribution in [-0.4, -0.2) is 20.7 Å². The van der Waals surface area contributed by atoms with Crippen LogP contribution in [0.4, 0.5) is 10.1 Å². The second kappa shape index (κ2) is 8.26. The maximum atomic E-state index is 13.4. The number of aromatic nitrogens is 3. The minimum atomic E-state index is -0.523. The molecule has 8 heteroatoms. The zero-order valence-corrected chi connectivity index (χ0v) is 18.0. The highest BCUT2D eigenvalue weighted by Crippen LogP contribution is 2.24. The largest absolute Gasteiger partial charge is 0.319 e.